The van der Waals surface area contributed by atoms with Crippen LogP contribution >= 0.6 is 0 Å². The van der Waals surface area contributed by atoms with Crippen molar-refractivity contribution in [1.29, 1.82) is 0 Å². The summed E-state index contributed by atoms with van der Waals surface area (Å²) in [5.74, 6) is 0.670. The van der Waals surface area contributed by atoms with Crippen LogP contribution in [0.1, 0.15) is 45.6 Å². The molecule has 1 saturated heterocycles. The first-order chi connectivity index (χ1) is 8.92. The van der Waals surface area contributed by atoms with Crippen molar-refractivity contribution in [3.05, 3.63) is 29.8 Å². The Labute approximate surface area is 116 Å². The van der Waals surface area contributed by atoms with Crippen molar-refractivity contribution in [3.63, 3.8) is 0 Å². The molecule has 0 aliphatic carbocycles. The van der Waals surface area contributed by atoms with Crippen molar-refractivity contribution in [2.24, 2.45) is 0 Å². The molecule has 1 heterocycles. The van der Waals surface area contributed by atoms with Gasteiger partial charge in [-0.1, -0.05) is 26.0 Å². The summed E-state index contributed by atoms with van der Waals surface area (Å²) >= 11 is 0. The molecule has 3 nitrogen and oxygen atoms in total. The lowest BCUT2D eigenvalue weighted by atomic mass is 9.96. The molecule has 0 atom stereocenters. The Balaban J connectivity index is 2.33. The Kier molecular flexibility index (Phi) is 3.95. The van der Waals surface area contributed by atoms with Crippen LogP contribution in [-0.4, -0.2) is 24.5 Å². The maximum absolute atomic E-state index is 12.3. The molecule has 0 saturated carbocycles. The van der Waals surface area contributed by atoms with E-state index in [1.54, 1.807) is 0 Å². The fourth-order valence-corrected chi connectivity index (χ4v) is 2.62. The van der Waals surface area contributed by atoms with Gasteiger partial charge >= 0.3 is 0 Å². The minimum absolute atomic E-state index is 0.139. The van der Waals surface area contributed by atoms with E-state index in [1.807, 2.05) is 4.90 Å². The van der Waals surface area contributed by atoms with Crippen LogP contribution in [0.25, 0.3) is 0 Å². The van der Waals surface area contributed by atoms with E-state index >= 15 is 0 Å². The van der Waals surface area contributed by atoms with Crippen LogP contribution in [0.4, 0.5) is 5.69 Å². The number of nitrogens with one attached hydrogen (secondary N) is 1. The summed E-state index contributed by atoms with van der Waals surface area (Å²) in [7, 11) is 0. The standard InChI is InChI=1S/C16H24N2O/c1-12(2)13-5-7-14(8-6-13)18-15(19)11-17-10-9-16(18,3)4/h5-8,12,17H,9-11H2,1-4H3. The zero-order valence-electron chi connectivity index (χ0n) is 12.4. The molecule has 0 aromatic heterocycles. The first-order valence-electron chi connectivity index (χ1n) is 7.05. The van der Waals surface area contributed by atoms with Crippen LogP contribution < -0.4 is 10.2 Å². The number of hydrogen-bond acceptors (Lipinski definition) is 2. The van der Waals surface area contributed by atoms with Crippen LogP contribution in [0.3, 0.4) is 0 Å². The Morgan fingerprint density at radius 1 is 1.21 bits per heavy atom. The van der Waals surface area contributed by atoms with E-state index in [0.717, 1.165) is 18.7 Å². The topological polar surface area (TPSA) is 32.3 Å². The van der Waals surface area contributed by atoms with Gasteiger partial charge in [0.2, 0.25) is 5.91 Å². The molecule has 0 bridgehead atoms. The molecule has 1 N–H and O–H groups in total. The Bertz CT molecular complexity index is 448. The summed E-state index contributed by atoms with van der Waals surface area (Å²) in [5.41, 5.74) is 2.17. The molecule has 1 aromatic rings. The first kappa shape index (κ1) is 14.1. The third-order valence-corrected chi connectivity index (χ3v) is 3.86. The zero-order chi connectivity index (χ0) is 14.0. The van der Waals surface area contributed by atoms with Gasteiger partial charge in [-0.25, -0.2) is 0 Å². The quantitative estimate of drug-likeness (QED) is 0.886. The second kappa shape index (κ2) is 5.33. The molecule has 0 radical (unpaired) electrons. The van der Waals surface area contributed by atoms with E-state index < -0.39 is 0 Å². The number of hydrogen-bond donors (Lipinski definition) is 1. The Morgan fingerprint density at radius 2 is 1.84 bits per heavy atom. The third kappa shape index (κ3) is 2.98. The average Bonchev–Trinajstić information content (AvgIpc) is 2.47. The maximum Gasteiger partial charge on any atom is 0.241 e. The van der Waals surface area contributed by atoms with Gasteiger partial charge in [-0.3, -0.25) is 4.79 Å². The maximum atomic E-state index is 12.3. The molecular weight excluding hydrogens is 236 g/mol. The summed E-state index contributed by atoms with van der Waals surface area (Å²) in [6.45, 7) is 9.94. The molecule has 19 heavy (non-hydrogen) atoms. The summed E-state index contributed by atoms with van der Waals surface area (Å²) < 4.78 is 0. The smallest absolute Gasteiger partial charge is 0.241 e. The molecule has 1 amide bonds. The summed E-state index contributed by atoms with van der Waals surface area (Å²) in [6.07, 6.45) is 0.963. The van der Waals surface area contributed by atoms with Crippen LogP contribution in [0.5, 0.6) is 0 Å². The van der Waals surface area contributed by atoms with Crippen molar-refractivity contribution in [3.8, 4) is 0 Å². The fourth-order valence-electron chi connectivity index (χ4n) is 2.62. The normalized spacial score (nSPS) is 19.6. The number of benzene rings is 1. The fraction of sp³-hybridized carbons (Fsp3) is 0.562. The van der Waals surface area contributed by atoms with Crippen molar-refractivity contribution in [1.82, 2.24) is 5.32 Å². The second-order valence-corrected chi connectivity index (χ2v) is 6.21. The van der Waals surface area contributed by atoms with Gasteiger partial charge in [0.05, 0.1) is 6.54 Å². The van der Waals surface area contributed by atoms with Gasteiger partial charge in [-0.2, -0.15) is 0 Å². The molecule has 1 fully saturated rings. The van der Waals surface area contributed by atoms with Crippen molar-refractivity contribution < 1.29 is 4.79 Å². The van der Waals surface area contributed by atoms with Gasteiger partial charge in [0.15, 0.2) is 0 Å². The molecular formula is C16H24N2O. The number of anilines is 1. The minimum atomic E-state index is -0.139. The number of rotatable bonds is 2. The monoisotopic (exact) mass is 260 g/mol. The number of carbonyl (C=O) groups is 1. The van der Waals surface area contributed by atoms with E-state index in [0.29, 0.717) is 12.5 Å². The number of nitrogens with zero attached hydrogens (tertiary/aromatic N) is 1. The SMILES string of the molecule is CC(C)c1ccc(N2C(=O)CNCCC2(C)C)cc1. The minimum Gasteiger partial charge on any atom is -0.308 e. The molecule has 2 rings (SSSR count). The molecule has 0 spiro atoms. The van der Waals surface area contributed by atoms with Crippen LogP contribution in [-0.2, 0) is 4.79 Å². The van der Waals surface area contributed by atoms with E-state index in [-0.39, 0.29) is 11.4 Å². The summed E-state index contributed by atoms with van der Waals surface area (Å²) in [6, 6.07) is 8.39. The van der Waals surface area contributed by atoms with E-state index in [9.17, 15) is 4.79 Å². The summed E-state index contributed by atoms with van der Waals surface area (Å²) in [5, 5.41) is 3.19. The van der Waals surface area contributed by atoms with Gasteiger partial charge in [0, 0.05) is 11.2 Å². The molecule has 1 aliphatic heterocycles. The van der Waals surface area contributed by atoms with Gasteiger partial charge in [0.1, 0.15) is 0 Å². The van der Waals surface area contributed by atoms with Crippen LogP contribution in [0, 0.1) is 0 Å². The lowest BCUT2D eigenvalue weighted by Gasteiger charge is -2.37. The van der Waals surface area contributed by atoms with E-state index in [2.05, 4.69) is 57.3 Å². The van der Waals surface area contributed by atoms with Crippen molar-refractivity contribution in [2.45, 2.75) is 45.6 Å². The number of carbonyl (C=O) groups excluding carboxylic acids is 1. The molecule has 104 valence electrons. The highest BCUT2D eigenvalue weighted by Gasteiger charge is 2.33. The zero-order valence-corrected chi connectivity index (χ0v) is 12.4. The third-order valence-electron chi connectivity index (χ3n) is 3.86. The first-order valence-corrected chi connectivity index (χ1v) is 7.05. The Hall–Kier alpha value is -1.35. The average molecular weight is 260 g/mol. The van der Waals surface area contributed by atoms with Gasteiger partial charge in [0.25, 0.3) is 0 Å². The predicted molar refractivity (Wildman–Crippen MR) is 79.6 cm³/mol. The highest BCUT2D eigenvalue weighted by Crippen LogP contribution is 2.29. The summed E-state index contributed by atoms with van der Waals surface area (Å²) in [4.78, 5) is 14.3. The van der Waals surface area contributed by atoms with E-state index in [1.165, 1.54) is 5.56 Å². The highest BCUT2D eigenvalue weighted by atomic mass is 16.2. The largest absolute Gasteiger partial charge is 0.308 e. The van der Waals surface area contributed by atoms with Crippen molar-refractivity contribution in [2.75, 3.05) is 18.0 Å². The predicted octanol–water partition coefficient (Wildman–Crippen LogP) is 2.91. The Morgan fingerprint density at radius 3 is 2.42 bits per heavy atom. The van der Waals surface area contributed by atoms with E-state index in [4.69, 9.17) is 0 Å². The number of amides is 1. The molecule has 1 aromatic carbocycles. The highest BCUT2D eigenvalue weighted by molar-refractivity contribution is 5.96. The van der Waals surface area contributed by atoms with Gasteiger partial charge in [-0.15, -0.1) is 0 Å². The van der Waals surface area contributed by atoms with Gasteiger partial charge in [-0.05, 0) is 50.4 Å². The molecule has 3 heteroatoms. The second-order valence-electron chi connectivity index (χ2n) is 6.21. The molecule has 0 unspecified atom stereocenters. The molecule has 1 aliphatic rings. The van der Waals surface area contributed by atoms with Crippen molar-refractivity contribution >= 4 is 11.6 Å². The van der Waals surface area contributed by atoms with Gasteiger partial charge < -0.3 is 10.2 Å². The lowest BCUT2D eigenvalue weighted by Crippen LogP contribution is -2.48. The van der Waals surface area contributed by atoms with Crippen LogP contribution in [0.2, 0.25) is 0 Å². The lowest BCUT2D eigenvalue weighted by molar-refractivity contribution is -0.118. The van der Waals surface area contributed by atoms with Crippen LogP contribution in [0.15, 0.2) is 24.3 Å².